The van der Waals surface area contributed by atoms with Gasteiger partial charge < -0.3 is 15.0 Å². The number of fused-ring (bicyclic) bond motifs is 1. The average Bonchev–Trinajstić information content (AvgIpc) is 2.74. The summed E-state index contributed by atoms with van der Waals surface area (Å²) in [5, 5.41) is 4.40. The molecule has 1 aliphatic rings. The molecule has 2 N–H and O–H groups in total. The summed E-state index contributed by atoms with van der Waals surface area (Å²) in [7, 11) is 0. The van der Waals surface area contributed by atoms with E-state index in [0.717, 1.165) is 42.7 Å². The van der Waals surface area contributed by atoms with Crippen molar-refractivity contribution in [3.63, 3.8) is 0 Å². The first kappa shape index (κ1) is 9.66. The maximum absolute atomic E-state index is 6.00. The van der Waals surface area contributed by atoms with E-state index in [9.17, 15) is 0 Å². The van der Waals surface area contributed by atoms with Crippen LogP contribution in [0, 0.1) is 0 Å². The number of aromatic nitrogens is 2. The molecule has 1 aliphatic heterocycles. The number of hydrogen-bond acceptors (Lipinski definition) is 3. The molecule has 1 saturated heterocycles. The van der Waals surface area contributed by atoms with Crippen LogP contribution in [0.1, 0.15) is 12.8 Å². The number of piperidine rings is 1. The fourth-order valence-corrected chi connectivity index (χ4v) is 2.12. The first-order valence-electron chi connectivity index (χ1n) is 5.73. The van der Waals surface area contributed by atoms with Gasteiger partial charge in [0.25, 0.3) is 0 Å². The first-order chi connectivity index (χ1) is 7.93. The molecule has 16 heavy (non-hydrogen) atoms. The van der Waals surface area contributed by atoms with Crippen molar-refractivity contribution in [1.82, 2.24) is 15.3 Å². The van der Waals surface area contributed by atoms with Gasteiger partial charge in [-0.2, -0.15) is 0 Å². The number of nitrogens with one attached hydrogen (secondary N) is 2. The largest absolute Gasteiger partial charge is 0.488 e. The molecule has 2 aromatic rings. The number of pyridine rings is 1. The van der Waals surface area contributed by atoms with E-state index in [1.54, 1.807) is 6.20 Å². The summed E-state index contributed by atoms with van der Waals surface area (Å²) in [6.07, 6.45) is 6.17. The normalized spacial score (nSPS) is 17.8. The molecule has 0 saturated carbocycles. The maximum Gasteiger partial charge on any atom is 0.146 e. The van der Waals surface area contributed by atoms with Crippen molar-refractivity contribution < 1.29 is 4.74 Å². The van der Waals surface area contributed by atoms with Gasteiger partial charge in [-0.05, 0) is 38.1 Å². The summed E-state index contributed by atoms with van der Waals surface area (Å²) in [6.45, 7) is 2.09. The lowest BCUT2D eigenvalue weighted by Crippen LogP contribution is -2.34. The van der Waals surface area contributed by atoms with Crippen LogP contribution in [0.2, 0.25) is 0 Å². The Labute approximate surface area is 94.0 Å². The Balaban J connectivity index is 1.83. The van der Waals surface area contributed by atoms with Gasteiger partial charge in [-0.15, -0.1) is 0 Å². The third kappa shape index (κ3) is 1.76. The van der Waals surface area contributed by atoms with Gasteiger partial charge in [0.1, 0.15) is 17.5 Å². The predicted octanol–water partition coefficient (Wildman–Crippen LogP) is 1.69. The van der Waals surface area contributed by atoms with Crippen molar-refractivity contribution in [2.45, 2.75) is 18.9 Å². The van der Waals surface area contributed by atoms with Crippen LogP contribution in [-0.2, 0) is 0 Å². The summed E-state index contributed by atoms with van der Waals surface area (Å²) in [4.78, 5) is 7.37. The van der Waals surface area contributed by atoms with E-state index in [4.69, 9.17) is 4.74 Å². The zero-order chi connectivity index (χ0) is 10.8. The molecule has 0 aliphatic carbocycles. The van der Waals surface area contributed by atoms with E-state index in [1.807, 2.05) is 18.3 Å². The second-order valence-corrected chi connectivity index (χ2v) is 4.12. The van der Waals surface area contributed by atoms with Crippen molar-refractivity contribution in [2.24, 2.45) is 0 Å². The minimum Gasteiger partial charge on any atom is -0.488 e. The summed E-state index contributed by atoms with van der Waals surface area (Å²) in [6, 6.07) is 3.97. The second kappa shape index (κ2) is 4.14. The number of rotatable bonds is 2. The fraction of sp³-hybridized carbons (Fsp3) is 0.417. The molecular formula is C12H15N3O. The van der Waals surface area contributed by atoms with E-state index >= 15 is 0 Å². The van der Waals surface area contributed by atoms with Gasteiger partial charge >= 0.3 is 0 Å². The van der Waals surface area contributed by atoms with Gasteiger partial charge in [0.05, 0.1) is 5.39 Å². The molecule has 4 nitrogen and oxygen atoms in total. The topological polar surface area (TPSA) is 49.9 Å². The van der Waals surface area contributed by atoms with Crippen LogP contribution in [0.4, 0.5) is 0 Å². The molecule has 0 aromatic carbocycles. The van der Waals surface area contributed by atoms with Gasteiger partial charge in [0.2, 0.25) is 0 Å². The van der Waals surface area contributed by atoms with Crippen LogP contribution in [-0.4, -0.2) is 29.2 Å². The van der Waals surface area contributed by atoms with Crippen LogP contribution in [0.3, 0.4) is 0 Å². The predicted molar refractivity (Wildman–Crippen MR) is 62.6 cm³/mol. The third-order valence-electron chi connectivity index (χ3n) is 2.99. The molecule has 3 rings (SSSR count). The van der Waals surface area contributed by atoms with E-state index in [-0.39, 0.29) is 0 Å². The lowest BCUT2D eigenvalue weighted by molar-refractivity contribution is 0.164. The highest BCUT2D eigenvalue weighted by Gasteiger charge is 2.16. The molecule has 0 amide bonds. The van der Waals surface area contributed by atoms with Crippen LogP contribution in [0.25, 0.3) is 11.0 Å². The number of ether oxygens (including phenoxy) is 1. The standard InChI is InChI=1S/C12H15N3O/c1-2-10-11(8-15-12(10)14-5-1)16-9-3-6-13-7-4-9/h1-2,5,8-9,13H,3-4,6-7H2,(H,14,15). The van der Waals surface area contributed by atoms with Gasteiger partial charge in [0, 0.05) is 12.4 Å². The number of H-pyrrole nitrogens is 1. The van der Waals surface area contributed by atoms with Gasteiger partial charge in [-0.1, -0.05) is 0 Å². The molecular weight excluding hydrogens is 202 g/mol. The Morgan fingerprint density at radius 3 is 3.06 bits per heavy atom. The third-order valence-corrected chi connectivity index (χ3v) is 2.99. The van der Waals surface area contributed by atoms with Crippen molar-refractivity contribution >= 4 is 11.0 Å². The lowest BCUT2D eigenvalue weighted by atomic mass is 10.1. The first-order valence-corrected chi connectivity index (χ1v) is 5.73. The van der Waals surface area contributed by atoms with Gasteiger partial charge in [0.15, 0.2) is 0 Å². The van der Waals surface area contributed by atoms with Crippen LogP contribution >= 0.6 is 0 Å². The van der Waals surface area contributed by atoms with E-state index in [2.05, 4.69) is 15.3 Å². The molecule has 0 spiro atoms. The van der Waals surface area contributed by atoms with Crippen molar-refractivity contribution in [3.8, 4) is 5.75 Å². The SMILES string of the molecule is c1cnc2[nH]cc(OC3CCNCC3)c2c1. The Morgan fingerprint density at radius 1 is 1.31 bits per heavy atom. The van der Waals surface area contributed by atoms with Crippen LogP contribution in [0.5, 0.6) is 5.75 Å². The molecule has 1 fully saturated rings. The molecule has 0 bridgehead atoms. The van der Waals surface area contributed by atoms with E-state index in [0.29, 0.717) is 6.10 Å². The maximum atomic E-state index is 6.00. The van der Waals surface area contributed by atoms with Crippen LogP contribution < -0.4 is 10.1 Å². The Kier molecular flexibility index (Phi) is 2.50. The number of hydrogen-bond donors (Lipinski definition) is 2. The van der Waals surface area contributed by atoms with Crippen molar-refractivity contribution in [2.75, 3.05) is 13.1 Å². The Hall–Kier alpha value is -1.55. The molecule has 4 heteroatoms. The Morgan fingerprint density at radius 2 is 2.19 bits per heavy atom. The quantitative estimate of drug-likeness (QED) is 0.805. The monoisotopic (exact) mass is 217 g/mol. The fourth-order valence-electron chi connectivity index (χ4n) is 2.12. The van der Waals surface area contributed by atoms with Crippen LogP contribution in [0.15, 0.2) is 24.5 Å². The number of aromatic amines is 1. The van der Waals surface area contributed by atoms with E-state index in [1.165, 1.54) is 0 Å². The zero-order valence-electron chi connectivity index (χ0n) is 9.07. The highest BCUT2D eigenvalue weighted by molar-refractivity contribution is 5.82. The Bertz CT molecular complexity index is 474. The minimum absolute atomic E-state index is 0.334. The summed E-state index contributed by atoms with van der Waals surface area (Å²) < 4.78 is 6.00. The van der Waals surface area contributed by atoms with Crippen molar-refractivity contribution in [1.29, 1.82) is 0 Å². The molecule has 84 valence electrons. The lowest BCUT2D eigenvalue weighted by Gasteiger charge is -2.23. The van der Waals surface area contributed by atoms with E-state index < -0.39 is 0 Å². The van der Waals surface area contributed by atoms with Gasteiger partial charge in [-0.3, -0.25) is 0 Å². The molecule has 0 radical (unpaired) electrons. The zero-order valence-corrected chi connectivity index (χ0v) is 9.07. The summed E-state index contributed by atoms with van der Waals surface area (Å²) >= 11 is 0. The molecule has 0 unspecified atom stereocenters. The smallest absolute Gasteiger partial charge is 0.146 e. The highest BCUT2D eigenvalue weighted by Crippen LogP contribution is 2.25. The highest BCUT2D eigenvalue weighted by atomic mass is 16.5. The second-order valence-electron chi connectivity index (χ2n) is 4.12. The minimum atomic E-state index is 0.334. The molecule has 3 heterocycles. The summed E-state index contributed by atoms with van der Waals surface area (Å²) in [5.41, 5.74) is 0.895. The van der Waals surface area contributed by atoms with Gasteiger partial charge in [-0.25, -0.2) is 4.98 Å². The molecule has 0 atom stereocenters. The van der Waals surface area contributed by atoms with Crippen molar-refractivity contribution in [3.05, 3.63) is 24.5 Å². The molecule has 2 aromatic heterocycles. The number of nitrogens with zero attached hydrogens (tertiary/aromatic N) is 1. The summed E-state index contributed by atoms with van der Waals surface area (Å²) in [5.74, 6) is 0.926. The average molecular weight is 217 g/mol.